The van der Waals surface area contributed by atoms with Crippen LogP contribution in [-0.4, -0.2) is 48.4 Å². The van der Waals surface area contributed by atoms with Crippen molar-refractivity contribution < 1.29 is 23.2 Å². The van der Waals surface area contributed by atoms with Gasteiger partial charge >= 0.3 is 6.03 Å². The molecular weight excluding hydrogens is 415 g/mol. The lowest BCUT2D eigenvalue weighted by molar-refractivity contribution is 0.173. The first-order valence-corrected chi connectivity index (χ1v) is 10.4. The summed E-state index contributed by atoms with van der Waals surface area (Å²) in [5, 5.41) is 6.82. The first-order valence-electron chi connectivity index (χ1n) is 10.4. The molecule has 1 N–H and O–H groups in total. The van der Waals surface area contributed by atoms with Crippen LogP contribution in [0.3, 0.4) is 0 Å². The second kappa shape index (κ2) is 9.67. The minimum absolute atomic E-state index is 0.163. The Morgan fingerprint density at radius 3 is 2.84 bits per heavy atom. The standard InChI is InChI=1S/C23H25FN4O4/c1-30-19-11-5-10-18(21(19)31-2)25-23(29)28-12-6-7-15(14-28)13-20-26-22(27-32-20)16-8-3-4-9-17(16)24/h3-5,8-11,15H,6-7,12-14H2,1-2H3,(H,25,29). The van der Waals surface area contributed by atoms with Gasteiger partial charge in [-0.25, -0.2) is 9.18 Å². The minimum atomic E-state index is -0.395. The Hall–Kier alpha value is -3.62. The van der Waals surface area contributed by atoms with Crippen LogP contribution < -0.4 is 14.8 Å². The number of urea groups is 1. The first-order chi connectivity index (χ1) is 15.6. The van der Waals surface area contributed by atoms with Crippen molar-refractivity contribution in [2.75, 3.05) is 32.6 Å². The van der Waals surface area contributed by atoms with Gasteiger partial charge in [0.1, 0.15) is 5.82 Å². The third-order valence-corrected chi connectivity index (χ3v) is 5.50. The number of piperidine rings is 1. The van der Waals surface area contributed by atoms with Crippen molar-refractivity contribution >= 4 is 11.7 Å². The van der Waals surface area contributed by atoms with Crippen molar-refractivity contribution in [3.8, 4) is 22.9 Å². The zero-order valence-corrected chi connectivity index (χ0v) is 18.0. The molecule has 1 unspecified atom stereocenters. The monoisotopic (exact) mass is 440 g/mol. The highest BCUT2D eigenvalue weighted by molar-refractivity contribution is 5.91. The average Bonchev–Trinajstić information content (AvgIpc) is 3.27. The fourth-order valence-electron chi connectivity index (χ4n) is 3.93. The quantitative estimate of drug-likeness (QED) is 0.612. The molecule has 2 heterocycles. The molecule has 1 saturated heterocycles. The molecule has 32 heavy (non-hydrogen) atoms. The fourth-order valence-corrected chi connectivity index (χ4v) is 3.93. The zero-order chi connectivity index (χ0) is 22.5. The molecule has 2 aromatic carbocycles. The number of hydrogen-bond donors (Lipinski definition) is 1. The lowest BCUT2D eigenvalue weighted by Crippen LogP contribution is -2.42. The summed E-state index contributed by atoms with van der Waals surface area (Å²) in [6.07, 6.45) is 2.32. The maximum Gasteiger partial charge on any atom is 0.321 e. The number of anilines is 1. The van der Waals surface area contributed by atoms with E-state index in [1.165, 1.54) is 13.2 Å². The normalized spacial score (nSPS) is 16.0. The summed E-state index contributed by atoms with van der Waals surface area (Å²) < 4.78 is 30.0. The molecule has 1 aromatic heterocycles. The molecule has 3 aromatic rings. The number of halogens is 1. The van der Waals surface area contributed by atoms with E-state index in [-0.39, 0.29) is 17.8 Å². The summed E-state index contributed by atoms with van der Waals surface area (Å²) in [7, 11) is 3.08. The number of amides is 2. The molecule has 2 amide bonds. The smallest absolute Gasteiger partial charge is 0.321 e. The third kappa shape index (κ3) is 4.66. The van der Waals surface area contributed by atoms with E-state index >= 15 is 0 Å². The van der Waals surface area contributed by atoms with Gasteiger partial charge in [-0.15, -0.1) is 0 Å². The van der Waals surface area contributed by atoms with E-state index in [9.17, 15) is 9.18 Å². The van der Waals surface area contributed by atoms with Crippen LogP contribution in [0.15, 0.2) is 47.0 Å². The lowest BCUT2D eigenvalue weighted by Gasteiger charge is -2.32. The summed E-state index contributed by atoms with van der Waals surface area (Å²) in [5.41, 5.74) is 0.852. The van der Waals surface area contributed by atoms with Gasteiger partial charge in [0.15, 0.2) is 11.5 Å². The zero-order valence-electron chi connectivity index (χ0n) is 18.0. The Morgan fingerprint density at radius 1 is 1.22 bits per heavy atom. The Kier molecular flexibility index (Phi) is 6.53. The van der Waals surface area contributed by atoms with E-state index < -0.39 is 5.82 Å². The first kappa shape index (κ1) is 21.6. The van der Waals surface area contributed by atoms with Crippen LogP contribution in [0, 0.1) is 11.7 Å². The molecule has 1 aliphatic rings. The Morgan fingerprint density at radius 2 is 2.06 bits per heavy atom. The van der Waals surface area contributed by atoms with Gasteiger partial charge < -0.3 is 24.2 Å². The number of ether oxygens (including phenoxy) is 2. The van der Waals surface area contributed by atoms with Crippen LogP contribution in [0.25, 0.3) is 11.4 Å². The number of rotatable bonds is 6. The van der Waals surface area contributed by atoms with Crippen LogP contribution in [0.2, 0.25) is 0 Å². The number of nitrogens with zero attached hydrogens (tertiary/aromatic N) is 3. The van der Waals surface area contributed by atoms with Crippen molar-refractivity contribution in [2.45, 2.75) is 19.3 Å². The largest absolute Gasteiger partial charge is 0.493 e. The SMILES string of the molecule is COc1cccc(NC(=O)N2CCCC(Cc3nc(-c4ccccc4F)no3)C2)c1OC. The average molecular weight is 440 g/mol. The van der Waals surface area contributed by atoms with Gasteiger partial charge in [0.25, 0.3) is 0 Å². The molecule has 0 aliphatic carbocycles. The lowest BCUT2D eigenvalue weighted by atomic mass is 9.95. The summed E-state index contributed by atoms with van der Waals surface area (Å²) >= 11 is 0. The predicted molar refractivity (Wildman–Crippen MR) is 116 cm³/mol. The van der Waals surface area contributed by atoms with Gasteiger partial charge in [0, 0.05) is 19.5 Å². The molecule has 168 valence electrons. The van der Waals surface area contributed by atoms with E-state index in [1.54, 1.807) is 48.4 Å². The van der Waals surface area contributed by atoms with E-state index in [0.29, 0.717) is 48.2 Å². The highest BCUT2D eigenvalue weighted by Crippen LogP contribution is 2.35. The van der Waals surface area contributed by atoms with Gasteiger partial charge in [-0.2, -0.15) is 4.98 Å². The van der Waals surface area contributed by atoms with E-state index in [2.05, 4.69) is 15.5 Å². The fraction of sp³-hybridized carbons (Fsp3) is 0.348. The number of methoxy groups -OCH3 is 2. The van der Waals surface area contributed by atoms with Crippen molar-refractivity contribution in [3.05, 3.63) is 54.2 Å². The highest BCUT2D eigenvalue weighted by Gasteiger charge is 2.26. The van der Waals surface area contributed by atoms with Crippen LogP contribution in [0.4, 0.5) is 14.9 Å². The Bertz CT molecular complexity index is 1090. The maximum atomic E-state index is 14.0. The topological polar surface area (TPSA) is 89.7 Å². The number of benzene rings is 2. The van der Waals surface area contributed by atoms with Gasteiger partial charge in [0.2, 0.25) is 11.7 Å². The van der Waals surface area contributed by atoms with Crippen molar-refractivity contribution in [1.29, 1.82) is 0 Å². The summed E-state index contributed by atoms with van der Waals surface area (Å²) in [5.74, 6) is 1.45. The Labute approximate surface area is 185 Å². The van der Waals surface area contributed by atoms with Gasteiger partial charge in [-0.3, -0.25) is 0 Å². The van der Waals surface area contributed by atoms with Gasteiger partial charge in [0.05, 0.1) is 25.5 Å². The van der Waals surface area contributed by atoms with Crippen LogP contribution in [0.5, 0.6) is 11.5 Å². The highest BCUT2D eigenvalue weighted by atomic mass is 19.1. The van der Waals surface area contributed by atoms with Crippen molar-refractivity contribution in [1.82, 2.24) is 15.0 Å². The number of nitrogens with one attached hydrogen (secondary N) is 1. The maximum absolute atomic E-state index is 14.0. The molecule has 0 radical (unpaired) electrons. The van der Waals surface area contributed by atoms with E-state index in [4.69, 9.17) is 14.0 Å². The predicted octanol–water partition coefficient (Wildman–Crippen LogP) is 4.38. The molecule has 9 heteroatoms. The second-order valence-electron chi connectivity index (χ2n) is 7.62. The summed E-state index contributed by atoms with van der Waals surface area (Å²) in [4.78, 5) is 19.0. The molecule has 4 rings (SSSR count). The molecule has 1 fully saturated rings. The van der Waals surface area contributed by atoms with Gasteiger partial charge in [-0.05, 0) is 43.0 Å². The number of carbonyl (C=O) groups is 1. The number of likely N-dealkylation sites (tertiary alicyclic amines) is 1. The molecule has 0 saturated carbocycles. The number of hydrogen-bond acceptors (Lipinski definition) is 6. The number of carbonyl (C=O) groups excluding carboxylic acids is 1. The molecule has 0 spiro atoms. The van der Waals surface area contributed by atoms with E-state index in [1.807, 2.05) is 0 Å². The molecular formula is C23H25FN4O4. The molecule has 8 nitrogen and oxygen atoms in total. The number of aromatic nitrogens is 2. The van der Waals surface area contributed by atoms with Crippen LogP contribution in [-0.2, 0) is 6.42 Å². The second-order valence-corrected chi connectivity index (χ2v) is 7.62. The molecule has 1 atom stereocenters. The summed E-state index contributed by atoms with van der Waals surface area (Å²) in [6, 6.07) is 11.4. The molecule has 1 aliphatic heterocycles. The van der Waals surface area contributed by atoms with E-state index in [0.717, 1.165) is 12.8 Å². The number of para-hydroxylation sites is 1. The van der Waals surface area contributed by atoms with Crippen LogP contribution >= 0.6 is 0 Å². The van der Waals surface area contributed by atoms with Crippen molar-refractivity contribution in [3.63, 3.8) is 0 Å². The van der Waals surface area contributed by atoms with Crippen LogP contribution in [0.1, 0.15) is 18.7 Å². The molecule has 0 bridgehead atoms. The minimum Gasteiger partial charge on any atom is -0.493 e. The van der Waals surface area contributed by atoms with Crippen molar-refractivity contribution in [2.24, 2.45) is 5.92 Å². The third-order valence-electron chi connectivity index (χ3n) is 5.50. The summed E-state index contributed by atoms with van der Waals surface area (Å²) in [6.45, 7) is 1.20. The van der Waals surface area contributed by atoms with Gasteiger partial charge in [-0.1, -0.05) is 23.4 Å². The Balaban J connectivity index is 1.40.